The molecule has 1 N–H and O–H groups in total. The molecule has 0 radical (unpaired) electrons. The van der Waals surface area contributed by atoms with Crippen LogP contribution < -0.4 is 9.62 Å². The number of carbonyl (C=O) groups is 2. The molecular weight excluding hydrogens is 576 g/mol. The molecule has 0 aliphatic carbocycles. The van der Waals surface area contributed by atoms with E-state index in [1.807, 2.05) is 30.3 Å². The first-order valence-corrected chi connectivity index (χ1v) is 15.4. The minimum absolute atomic E-state index is 0.0768. The smallest absolute Gasteiger partial charge is 0.243 e. The van der Waals surface area contributed by atoms with Crippen LogP contribution in [-0.2, 0) is 32.6 Å². The van der Waals surface area contributed by atoms with Gasteiger partial charge in [0.05, 0.1) is 22.0 Å². The van der Waals surface area contributed by atoms with Gasteiger partial charge in [-0.15, -0.1) is 0 Å². The molecule has 2 amide bonds. The Morgan fingerprint density at radius 1 is 0.950 bits per heavy atom. The summed E-state index contributed by atoms with van der Waals surface area (Å²) in [6, 6.07) is 19.1. The molecule has 214 valence electrons. The molecule has 3 aromatic rings. The molecule has 7 nitrogen and oxygen atoms in total. The Bertz CT molecular complexity index is 1420. The number of carbonyl (C=O) groups excluding carboxylic acids is 2. The number of nitrogens with one attached hydrogen (secondary N) is 1. The highest BCUT2D eigenvalue weighted by Gasteiger charge is 2.30. The summed E-state index contributed by atoms with van der Waals surface area (Å²) in [6.45, 7) is 2.14. The van der Waals surface area contributed by atoms with Crippen LogP contribution in [0.5, 0.6) is 0 Å². The first-order chi connectivity index (χ1) is 19.0. The van der Waals surface area contributed by atoms with Gasteiger partial charge in [0, 0.05) is 32.5 Å². The number of amides is 2. The van der Waals surface area contributed by atoms with Crippen molar-refractivity contribution in [2.75, 3.05) is 23.7 Å². The van der Waals surface area contributed by atoms with Gasteiger partial charge in [-0.3, -0.25) is 13.9 Å². The summed E-state index contributed by atoms with van der Waals surface area (Å²) in [4.78, 5) is 28.5. The molecule has 0 saturated carbocycles. The third kappa shape index (κ3) is 8.68. The zero-order chi connectivity index (χ0) is 29.3. The first-order valence-electron chi connectivity index (χ1n) is 12.8. The molecule has 0 spiro atoms. The summed E-state index contributed by atoms with van der Waals surface area (Å²) in [7, 11) is -3.82. The van der Waals surface area contributed by atoms with Crippen LogP contribution in [0.4, 0.5) is 10.1 Å². The lowest BCUT2D eigenvalue weighted by molar-refractivity contribution is -0.141. The van der Waals surface area contributed by atoms with E-state index in [9.17, 15) is 22.4 Å². The van der Waals surface area contributed by atoms with E-state index in [2.05, 4.69) is 5.32 Å². The molecule has 0 aliphatic rings. The summed E-state index contributed by atoms with van der Waals surface area (Å²) >= 11 is 12.3. The Balaban J connectivity index is 1.89. The third-order valence-electron chi connectivity index (χ3n) is 6.23. The molecule has 11 heteroatoms. The quantitative estimate of drug-likeness (QED) is 0.280. The van der Waals surface area contributed by atoms with Crippen LogP contribution in [0.15, 0.2) is 72.8 Å². The van der Waals surface area contributed by atoms with Gasteiger partial charge in [0.2, 0.25) is 21.8 Å². The minimum Gasteiger partial charge on any atom is -0.355 e. The van der Waals surface area contributed by atoms with Crippen molar-refractivity contribution >= 4 is 50.7 Å². The third-order valence-corrected chi connectivity index (χ3v) is 8.15. The lowest BCUT2D eigenvalue weighted by Crippen LogP contribution is -2.50. The zero-order valence-electron chi connectivity index (χ0n) is 22.3. The molecule has 3 aromatic carbocycles. The van der Waals surface area contributed by atoms with Crippen LogP contribution in [0.25, 0.3) is 0 Å². The fourth-order valence-electron chi connectivity index (χ4n) is 4.32. The molecular formula is C29H32Cl2FN3O4S. The van der Waals surface area contributed by atoms with Crippen molar-refractivity contribution in [3.63, 3.8) is 0 Å². The fourth-order valence-corrected chi connectivity index (χ4v) is 5.60. The molecule has 3 rings (SSSR count). The fraction of sp³-hybridized carbons (Fsp3) is 0.310. The highest BCUT2D eigenvalue weighted by molar-refractivity contribution is 7.92. The predicted molar refractivity (Wildman–Crippen MR) is 157 cm³/mol. The number of rotatable bonds is 13. The number of nitrogens with zero attached hydrogens (tertiary/aromatic N) is 2. The van der Waals surface area contributed by atoms with Crippen molar-refractivity contribution in [1.29, 1.82) is 0 Å². The highest BCUT2D eigenvalue weighted by atomic mass is 35.5. The number of benzene rings is 3. The van der Waals surface area contributed by atoms with Crippen molar-refractivity contribution in [3.05, 3.63) is 99.8 Å². The SMILES string of the molecule is CCNC(=O)[C@@H](Cc1ccccc1)N(Cc1ccc(Cl)c(Cl)c1)C(=O)CCCN(c1ccccc1F)S(C)(=O)=O. The molecule has 0 aromatic heterocycles. The molecule has 0 aliphatic heterocycles. The predicted octanol–water partition coefficient (Wildman–Crippen LogP) is 5.45. The van der Waals surface area contributed by atoms with E-state index in [0.717, 1.165) is 16.1 Å². The van der Waals surface area contributed by atoms with E-state index in [4.69, 9.17) is 23.2 Å². The van der Waals surface area contributed by atoms with Gasteiger partial charge in [-0.05, 0) is 48.7 Å². The van der Waals surface area contributed by atoms with E-state index in [-0.39, 0.29) is 49.9 Å². The summed E-state index contributed by atoms with van der Waals surface area (Å²) < 4.78 is 40.3. The molecule has 0 bridgehead atoms. The largest absolute Gasteiger partial charge is 0.355 e. The maximum atomic E-state index is 14.4. The van der Waals surface area contributed by atoms with Crippen LogP contribution >= 0.6 is 23.2 Å². The van der Waals surface area contributed by atoms with Crippen LogP contribution in [-0.4, -0.2) is 50.5 Å². The lowest BCUT2D eigenvalue weighted by Gasteiger charge is -2.32. The second-order valence-electron chi connectivity index (χ2n) is 9.26. The first kappa shape index (κ1) is 31.4. The number of anilines is 1. The number of halogens is 3. The van der Waals surface area contributed by atoms with E-state index < -0.39 is 21.9 Å². The van der Waals surface area contributed by atoms with Crippen molar-refractivity contribution in [2.45, 2.75) is 38.8 Å². The Morgan fingerprint density at radius 3 is 2.25 bits per heavy atom. The molecule has 0 heterocycles. The van der Waals surface area contributed by atoms with Gasteiger partial charge in [0.15, 0.2) is 0 Å². The second kappa shape index (κ2) is 14.5. The van der Waals surface area contributed by atoms with E-state index in [1.165, 1.54) is 23.1 Å². The van der Waals surface area contributed by atoms with E-state index in [0.29, 0.717) is 22.2 Å². The monoisotopic (exact) mass is 607 g/mol. The number of hydrogen-bond acceptors (Lipinski definition) is 4. The lowest BCUT2D eigenvalue weighted by atomic mass is 10.0. The molecule has 0 fully saturated rings. The van der Waals surface area contributed by atoms with Gasteiger partial charge < -0.3 is 10.2 Å². The molecule has 40 heavy (non-hydrogen) atoms. The van der Waals surface area contributed by atoms with E-state index in [1.54, 1.807) is 31.2 Å². The summed E-state index contributed by atoms with van der Waals surface area (Å²) in [5, 5.41) is 3.50. The van der Waals surface area contributed by atoms with Crippen molar-refractivity contribution in [1.82, 2.24) is 10.2 Å². The second-order valence-corrected chi connectivity index (χ2v) is 12.0. The Labute approximate surface area is 244 Å². The van der Waals surface area contributed by atoms with Crippen LogP contribution in [0, 0.1) is 5.82 Å². The van der Waals surface area contributed by atoms with Crippen LogP contribution in [0.3, 0.4) is 0 Å². The van der Waals surface area contributed by atoms with Crippen LogP contribution in [0.2, 0.25) is 10.0 Å². The van der Waals surface area contributed by atoms with E-state index >= 15 is 0 Å². The normalized spacial score (nSPS) is 12.0. The van der Waals surface area contributed by atoms with Gasteiger partial charge in [-0.2, -0.15) is 0 Å². The van der Waals surface area contributed by atoms with Crippen molar-refractivity contribution in [2.24, 2.45) is 0 Å². The Kier molecular flexibility index (Phi) is 11.4. The average molecular weight is 609 g/mol. The number of hydrogen-bond donors (Lipinski definition) is 1. The van der Waals surface area contributed by atoms with Gasteiger partial charge in [0.1, 0.15) is 11.9 Å². The number of sulfonamides is 1. The average Bonchev–Trinajstić information content (AvgIpc) is 2.91. The molecule has 0 unspecified atom stereocenters. The van der Waals surface area contributed by atoms with Crippen molar-refractivity contribution in [3.8, 4) is 0 Å². The zero-order valence-corrected chi connectivity index (χ0v) is 24.6. The van der Waals surface area contributed by atoms with Gasteiger partial charge in [-0.25, -0.2) is 12.8 Å². The number of likely N-dealkylation sites (N-methyl/N-ethyl adjacent to an activating group) is 1. The van der Waals surface area contributed by atoms with Gasteiger partial charge in [-0.1, -0.05) is 71.7 Å². The highest BCUT2D eigenvalue weighted by Crippen LogP contribution is 2.25. The Morgan fingerprint density at radius 2 is 1.62 bits per heavy atom. The minimum atomic E-state index is -3.82. The molecule has 0 saturated heterocycles. The number of para-hydroxylation sites is 1. The van der Waals surface area contributed by atoms with Crippen molar-refractivity contribution < 1.29 is 22.4 Å². The van der Waals surface area contributed by atoms with Crippen LogP contribution in [0.1, 0.15) is 30.9 Å². The van der Waals surface area contributed by atoms with Gasteiger partial charge in [0.25, 0.3) is 0 Å². The molecule has 1 atom stereocenters. The Hall–Kier alpha value is -3.14. The maximum Gasteiger partial charge on any atom is 0.243 e. The topological polar surface area (TPSA) is 86.8 Å². The summed E-state index contributed by atoms with van der Waals surface area (Å²) in [5.74, 6) is -1.36. The standard InChI is InChI=1S/C29H32Cl2FN3O4S/c1-3-33-29(37)27(19-21-10-5-4-6-11-21)34(20-22-15-16-23(30)24(31)18-22)28(36)14-9-17-35(40(2,38)39)26-13-8-7-12-25(26)32/h4-8,10-13,15-16,18,27H,3,9,14,17,19-20H2,1-2H3,(H,33,37)/t27-/m1/s1. The summed E-state index contributed by atoms with van der Waals surface area (Å²) in [6.07, 6.45) is 1.28. The maximum absolute atomic E-state index is 14.4. The van der Waals surface area contributed by atoms with Gasteiger partial charge >= 0.3 is 0 Å². The summed E-state index contributed by atoms with van der Waals surface area (Å²) in [5.41, 5.74) is 1.46.